The van der Waals surface area contributed by atoms with Gasteiger partial charge < -0.3 is 4.90 Å². The molecule has 1 aromatic carbocycles. The molecule has 1 heterocycles. The van der Waals surface area contributed by atoms with Gasteiger partial charge in [0.2, 0.25) is 5.91 Å². The van der Waals surface area contributed by atoms with Gasteiger partial charge in [0.15, 0.2) is 0 Å². The fraction of sp³-hybridized carbons (Fsp3) is 0.471. The highest BCUT2D eigenvalue weighted by molar-refractivity contribution is 5.91. The van der Waals surface area contributed by atoms with E-state index in [1.165, 1.54) is 6.42 Å². The minimum absolute atomic E-state index is 0.123. The second-order valence-corrected chi connectivity index (χ2v) is 5.36. The van der Waals surface area contributed by atoms with Gasteiger partial charge in [-0.2, -0.15) is 0 Å². The zero-order valence-corrected chi connectivity index (χ0v) is 12.5. The summed E-state index contributed by atoms with van der Waals surface area (Å²) in [4.78, 5) is 16.5. The van der Waals surface area contributed by atoms with Crippen molar-refractivity contribution < 1.29 is 4.79 Å². The Morgan fingerprint density at radius 3 is 2.45 bits per heavy atom. The van der Waals surface area contributed by atoms with Gasteiger partial charge in [0.05, 0.1) is 0 Å². The molecule has 1 fully saturated rings. The zero-order valence-electron chi connectivity index (χ0n) is 12.5. The van der Waals surface area contributed by atoms with Crippen molar-refractivity contribution in [2.24, 2.45) is 0 Å². The molecule has 1 amide bonds. The van der Waals surface area contributed by atoms with Crippen molar-refractivity contribution >= 4 is 12.0 Å². The molecule has 3 nitrogen and oxygen atoms in total. The van der Waals surface area contributed by atoms with E-state index in [1.54, 1.807) is 6.08 Å². The third kappa shape index (κ3) is 3.94. The number of nitrogens with zero attached hydrogens (tertiary/aromatic N) is 2. The van der Waals surface area contributed by atoms with E-state index in [0.717, 1.165) is 31.7 Å². The zero-order chi connectivity index (χ0) is 14.4. The van der Waals surface area contributed by atoms with Crippen LogP contribution in [-0.2, 0) is 4.79 Å². The van der Waals surface area contributed by atoms with Crippen molar-refractivity contribution in [3.05, 3.63) is 42.0 Å². The maximum Gasteiger partial charge on any atom is 0.246 e. The molecule has 0 bridgehead atoms. The second kappa shape index (κ2) is 7.25. The number of hydrogen-bond donors (Lipinski definition) is 0. The van der Waals surface area contributed by atoms with Crippen LogP contribution in [0, 0.1) is 0 Å². The highest BCUT2D eigenvalue weighted by atomic mass is 16.2. The Bertz CT molecular complexity index is 447. The Morgan fingerprint density at radius 2 is 1.85 bits per heavy atom. The van der Waals surface area contributed by atoms with Crippen LogP contribution in [0.15, 0.2) is 36.4 Å². The number of hydrogen-bond acceptors (Lipinski definition) is 2. The van der Waals surface area contributed by atoms with Gasteiger partial charge in [-0.25, -0.2) is 0 Å². The minimum Gasteiger partial charge on any atom is -0.337 e. The van der Waals surface area contributed by atoms with Crippen molar-refractivity contribution in [2.75, 3.05) is 26.2 Å². The molecule has 108 valence electrons. The molecule has 0 saturated carbocycles. The molecule has 0 N–H and O–H groups in total. The standard InChI is InChI=1S/C17H24N2O/c1-3-15(2)18-11-13-19(14-12-18)17(20)10-9-16-7-5-4-6-8-16/h4-10,15H,3,11-14H2,1-2H3/b10-9+. The van der Waals surface area contributed by atoms with Gasteiger partial charge in [-0.1, -0.05) is 37.3 Å². The number of carbonyl (C=O) groups excluding carboxylic acids is 1. The van der Waals surface area contributed by atoms with Crippen molar-refractivity contribution in [3.63, 3.8) is 0 Å². The topological polar surface area (TPSA) is 23.6 Å². The molecule has 2 rings (SSSR count). The van der Waals surface area contributed by atoms with Crippen LogP contribution < -0.4 is 0 Å². The van der Waals surface area contributed by atoms with E-state index in [2.05, 4.69) is 18.7 Å². The smallest absolute Gasteiger partial charge is 0.246 e. The Labute approximate surface area is 121 Å². The average molecular weight is 272 g/mol. The molecule has 1 atom stereocenters. The lowest BCUT2D eigenvalue weighted by molar-refractivity contribution is -0.127. The predicted molar refractivity (Wildman–Crippen MR) is 83.4 cm³/mol. The largest absolute Gasteiger partial charge is 0.337 e. The van der Waals surface area contributed by atoms with Crippen molar-refractivity contribution in [1.29, 1.82) is 0 Å². The molecule has 0 spiro atoms. The Morgan fingerprint density at radius 1 is 1.20 bits per heavy atom. The summed E-state index contributed by atoms with van der Waals surface area (Å²) >= 11 is 0. The molecular formula is C17H24N2O. The fourth-order valence-electron chi connectivity index (χ4n) is 2.48. The Balaban J connectivity index is 1.85. The number of benzene rings is 1. The molecule has 0 aliphatic carbocycles. The number of amides is 1. The average Bonchev–Trinajstić information content (AvgIpc) is 2.53. The fourth-order valence-corrected chi connectivity index (χ4v) is 2.48. The summed E-state index contributed by atoms with van der Waals surface area (Å²) in [5, 5.41) is 0. The summed E-state index contributed by atoms with van der Waals surface area (Å²) < 4.78 is 0. The molecule has 20 heavy (non-hydrogen) atoms. The summed E-state index contributed by atoms with van der Waals surface area (Å²) in [5.74, 6) is 0.123. The number of piperazine rings is 1. The van der Waals surface area contributed by atoms with Gasteiger partial charge in [0.1, 0.15) is 0 Å². The highest BCUT2D eigenvalue weighted by Gasteiger charge is 2.21. The minimum atomic E-state index is 0.123. The van der Waals surface area contributed by atoms with Gasteiger partial charge in [0.25, 0.3) is 0 Å². The van der Waals surface area contributed by atoms with Crippen LogP contribution in [0.1, 0.15) is 25.8 Å². The summed E-state index contributed by atoms with van der Waals surface area (Å²) in [6.45, 7) is 8.11. The highest BCUT2D eigenvalue weighted by Crippen LogP contribution is 2.09. The Hall–Kier alpha value is -1.61. The van der Waals surface area contributed by atoms with Crippen LogP contribution in [0.3, 0.4) is 0 Å². The molecule has 3 heteroatoms. The van der Waals surface area contributed by atoms with Crippen molar-refractivity contribution in [1.82, 2.24) is 9.80 Å². The Kier molecular flexibility index (Phi) is 5.36. The van der Waals surface area contributed by atoms with E-state index in [9.17, 15) is 4.79 Å². The van der Waals surface area contributed by atoms with E-state index >= 15 is 0 Å². The van der Waals surface area contributed by atoms with Gasteiger partial charge in [-0.15, -0.1) is 0 Å². The maximum absolute atomic E-state index is 12.1. The van der Waals surface area contributed by atoms with Crippen molar-refractivity contribution in [2.45, 2.75) is 26.3 Å². The number of carbonyl (C=O) groups is 1. The monoisotopic (exact) mass is 272 g/mol. The third-order valence-electron chi connectivity index (χ3n) is 4.06. The molecule has 0 radical (unpaired) electrons. The van der Waals surface area contributed by atoms with Gasteiger partial charge in [0, 0.05) is 38.3 Å². The van der Waals surface area contributed by atoms with E-state index < -0.39 is 0 Å². The summed E-state index contributed by atoms with van der Waals surface area (Å²) in [5.41, 5.74) is 1.07. The molecule has 0 aromatic heterocycles. The number of rotatable bonds is 4. The molecule has 1 aliphatic rings. The van der Waals surface area contributed by atoms with E-state index in [-0.39, 0.29) is 5.91 Å². The molecular weight excluding hydrogens is 248 g/mol. The lowest BCUT2D eigenvalue weighted by Gasteiger charge is -2.37. The third-order valence-corrected chi connectivity index (χ3v) is 4.06. The summed E-state index contributed by atoms with van der Waals surface area (Å²) in [7, 11) is 0. The lowest BCUT2D eigenvalue weighted by Crippen LogP contribution is -2.50. The summed E-state index contributed by atoms with van der Waals surface area (Å²) in [6.07, 6.45) is 4.75. The molecule has 1 aromatic rings. The maximum atomic E-state index is 12.1. The van der Waals surface area contributed by atoms with E-state index in [1.807, 2.05) is 41.3 Å². The van der Waals surface area contributed by atoms with Crippen LogP contribution in [0.25, 0.3) is 6.08 Å². The van der Waals surface area contributed by atoms with Crippen LogP contribution in [-0.4, -0.2) is 47.9 Å². The van der Waals surface area contributed by atoms with Gasteiger partial charge in [-0.05, 0) is 25.0 Å². The van der Waals surface area contributed by atoms with E-state index in [4.69, 9.17) is 0 Å². The molecule has 1 saturated heterocycles. The van der Waals surface area contributed by atoms with Crippen LogP contribution in [0.2, 0.25) is 0 Å². The van der Waals surface area contributed by atoms with Crippen LogP contribution in [0.4, 0.5) is 0 Å². The van der Waals surface area contributed by atoms with Gasteiger partial charge in [-0.3, -0.25) is 9.69 Å². The lowest BCUT2D eigenvalue weighted by atomic mass is 10.2. The first-order valence-corrected chi connectivity index (χ1v) is 7.46. The first kappa shape index (κ1) is 14.8. The predicted octanol–water partition coefficient (Wildman–Crippen LogP) is 2.64. The van der Waals surface area contributed by atoms with Gasteiger partial charge >= 0.3 is 0 Å². The van der Waals surface area contributed by atoms with E-state index in [0.29, 0.717) is 6.04 Å². The normalized spacial score (nSPS) is 18.4. The first-order valence-electron chi connectivity index (χ1n) is 7.46. The molecule has 1 unspecified atom stereocenters. The summed E-state index contributed by atoms with van der Waals surface area (Å²) in [6, 6.07) is 10.6. The second-order valence-electron chi connectivity index (χ2n) is 5.36. The molecule has 1 aliphatic heterocycles. The quantitative estimate of drug-likeness (QED) is 0.787. The van der Waals surface area contributed by atoms with Crippen LogP contribution >= 0.6 is 0 Å². The van der Waals surface area contributed by atoms with Crippen molar-refractivity contribution in [3.8, 4) is 0 Å². The first-order chi connectivity index (χ1) is 9.70. The SMILES string of the molecule is CCC(C)N1CCN(C(=O)/C=C/c2ccccc2)CC1. The van der Waals surface area contributed by atoms with Crippen LogP contribution in [0.5, 0.6) is 0 Å².